The zero-order chi connectivity index (χ0) is 21.8. The highest BCUT2D eigenvalue weighted by molar-refractivity contribution is 5.79. The summed E-state index contributed by atoms with van der Waals surface area (Å²) in [6, 6.07) is 4.85. The summed E-state index contributed by atoms with van der Waals surface area (Å²) in [6.07, 6.45) is 6.87. The largest absolute Gasteiger partial charge is 0.496 e. The second-order valence-electron chi connectivity index (χ2n) is 9.44. The fraction of sp³-hybridized carbons (Fsp3) is 0.720. The van der Waals surface area contributed by atoms with E-state index in [1.165, 1.54) is 31.2 Å². The third-order valence-corrected chi connectivity index (χ3v) is 7.63. The summed E-state index contributed by atoms with van der Waals surface area (Å²) in [7, 11) is 3.45. The number of likely N-dealkylation sites (tertiary alicyclic amines) is 3. The number of carbonyl (C=O) groups is 1. The molecule has 0 radical (unpaired) electrons. The number of ether oxygens (including phenoxy) is 2. The van der Waals surface area contributed by atoms with Crippen molar-refractivity contribution in [2.24, 2.45) is 5.92 Å². The molecule has 0 N–H and O–H groups in total. The molecule has 1 aromatic rings. The van der Waals surface area contributed by atoms with Crippen molar-refractivity contribution in [3.8, 4) is 11.5 Å². The minimum atomic E-state index is 0.264. The summed E-state index contributed by atoms with van der Waals surface area (Å²) in [6.45, 7) is 9.35. The molecule has 3 aliphatic rings. The van der Waals surface area contributed by atoms with Crippen LogP contribution in [0.4, 0.5) is 0 Å². The third kappa shape index (κ3) is 5.01. The lowest BCUT2D eigenvalue weighted by molar-refractivity contribution is -0.136. The van der Waals surface area contributed by atoms with E-state index in [0.717, 1.165) is 75.7 Å². The summed E-state index contributed by atoms with van der Waals surface area (Å²) in [4.78, 5) is 20.0. The normalized spacial score (nSPS) is 22.1. The molecule has 1 amide bonds. The van der Waals surface area contributed by atoms with Gasteiger partial charge in [-0.15, -0.1) is 0 Å². The number of carbonyl (C=O) groups excluding carboxylic acids is 1. The maximum atomic E-state index is 12.7. The van der Waals surface area contributed by atoms with E-state index in [9.17, 15) is 4.79 Å². The van der Waals surface area contributed by atoms with Gasteiger partial charge in [-0.3, -0.25) is 9.69 Å². The number of piperidine rings is 2. The molecule has 172 valence electrons. The predicted octanol–water partition coefficient (Wildman–Crippen LogP) is 3.31. The first-order chi connectivity index (χ1) is 15.1. The van der Waals surface area contributed by atoms with E-state index in [-0.39, 0.29) is 5.92 Å². The highest BCUT2D eigenvalue weighted by Gasteiger charge is 2.33. The molecular weight excluding hydrogens is 390 g/mol. The van der Waals surface area contributed by atoms with Gasteiger partial charge in [-0.1, -0.05) is 6.07 Å². The highest BCUT2D eigenvalue weighted by atomic mass is 16.5. The Labute approximate surface area is 187 Å². The van der Waals surface area contributed by atoms with Gasteiger partial charge in [-0.05, 0) is 77.7 Å². The van der Waals surface area contributed by atoms with Crippen molar-refractivity contribution in [2.75, 3.05) is 53.5 Å². The molecule has 0 aliphatic carbocycles. The molecule has 3 heterocycles. The van der Waals surface area contributed by atoms with Crippen LogP contribution < -0.4 is 9.47 Å². The molecule has 3 saturated heterocycles. The van der Waals surface area contributed by atoms with Crippen LogP contribution in [0.1, 0.15) is 49.7 Å². The van der Waals surface area contributed by atoms with Crippen LogP contribution in [0.5, 0.6) is 11.5 Å². The van der Waals surface area contributed by atoms with E-state index in [2.05, 4.69) is 27.7 Å². The average molecular weight is 430 g/mol. The van der Waals surface area contributed by atoms with Crippen LogP contribution in [0, 0.1) is 12.8 Å². The van der Waals surface area contributed by atoms with Crippen LogP contribution in [0.15, 0.2) is 12.1 Å². The Morgan fingerprint density at radius 2 is 1.61 bits per heavy atom. The van der Waals surface area contributed by atoms with Crippen molar-refractivity contribution in [3.05, 3.63) is 23.3 Å². The number of amides is 1. The van der Waals surface area contributed by atoms with Crippen LogP contribution in [-0.2, 0) is 11.3 Å². The summed E-state index contributed by atoms with van der Waals surface area (Å²) >= 11 is 0. The maximum absolute atomic E-state index is 12.7. The minimum Gasteiger partial charge on any atom is -0.496 e. The van der Waals surface area contributed by atoms with Crippen LogP contribution in [0.25, 0.3) is 0 Å². The zero-order valence-corrected chi connectivity index (χ0v) is 19.6. The molecule has 0 bridgehead atoms. The lowest BCUT2D eigenvalue weighted by atomic mass is 9.92. The van der Waals surface area contributed by atoms with Crippen molar-refractivity contribution in [1.29, 1.82) is 0 Å². The Morgan fingerprint density at radius 1 is 0.935 bits per heavy atom. The van der Waals surface area contributed by atoms with E-state index >= 15 is 0 Å². The number of hydrogen-bond donors (Lipinski definition) is 0. The first-order valence-corrected chi connectivity index (χ1v) is 12.1. The van der Waals surface area contributed by atoms with Crippen molar-refractivity contribution in [3.63, 3.8) is 0 Å². The summed E-state index contributed by atoms with van der Waals surface area (Å²) in [5, 5.41) is 0. The Bertz CT molecular complexity index is 747. The predicted molar refractivity (Wildman–Crippen MR) is 123 cm³/mol. The van der Waals surface area contributed by atoms with Gasteiger partial charge in [-0.25, -0.2) is 0 Å². The fourth-order valence-corrected chi connectivity index (χ4v) is 5.75. The van der Waals surface area contributed by atoms with Gasteiger partial charge < -0.3 is 19.3 Å². The van der Waals surface area contributed by atoms with Crippen LogP contribution in [-0.4, -0.2) is 80.1 Å². The van der Waals surface area contributed by atoms with Crippen molar-refractivity contribution in [1.82, 2.24) is 14.7 Å². The van der Waals surface area contributed by atoms with E-state index in [1.54, 1.807) is 14.2 Å². The lowest BCUT2D eigenvalue weighted by Crippen LogP contribution is -2.49. The molecule has 0 aromatic heterocycles. The summed E-state index contributed by atoms with van der Waals surface area (Å²) < 4.78 is 11.1. The number of nitrogens with zero attached hydrogens (tertiary/aromatic N) is 3. The molecule has 0 unspecified atom stereocenters. The molecule has 0 atom stereocenters. The number of rotatable bonds is 6. The minimum absolute atomic E-state index is 0.264. The Kier molecular flexibility index (Phi) is 7.39. The van der Waals surface area contributed by atoms with E-state index in [1.807, 2.05) is 6.07 Å². The van der Waals surface area contributed by atoms with Crippen LogP contribution in [0.2, 0.25) is 0 Å². The number of hydrogen-bond acceptors (Lipinski definition) is 5. The van der Waals surface area contributed by atoms with Crippen LogP contribution in [0.3, 0.4) is 0 Å². The van der Waals surface area contributed by atoms with Gasteiger partial charge in [0, 0.05) is 42.7 Å². The van der Waals surface area contributed by atoms with E-state index in [4.69, 9.17) is 9.47 Å². The quantitative estimate of drug-likeness (QED) is 0.694. The standard InChI is InChI=1S/C25H39N3O3/c1-19-23(30-2)7-6-21(24(19)31-3)18-26-14-10-22(11-15-26)27-16-8-20(9-17-27)25(29)28-12-4-5-13-28/h6-7,20,22H,4-5,8-18H2,1-3H3. The van der Waals surface area contributed by atoms with Crippen molar-refractivity contribution in [2.45, 2.75) is 58.0 Å². The van der Waals surface area contributed by atoms with Crippen molar-refractivity contribution >= 4 is 5.91 Å². The highest BCUT2D eigenvalue weighted by Crippen LogP contribution is 2.33. The molecule has 4 rings (SSSR count). The van der Waals surface area contributed by atoms with Gasteiger partial charge >= 0.3 is 0 Å². The van der Waals surface area contributed by atoms with Gasteiger partial charge in [0.1, 0.15) is 11.5 Å². The monoisotopic (exact) mass is 429 g/mol. The van der Waals surface area contributed by atoms with Gasteiger partial charge in [0.2, 0.25) is 5.91 Å². The van der Waals surface area contributed by atoms with Gasteiger partial charge in [0.05, 0.1) is 14.2 Å². The molecule has 0 spiro atoms. The summed E-state index contributed by atoms with van der Waals surface area (Å²) in [5.41, 5.74) is 2.31. The molecule has 0 saturated carbocycles. The van der Waals surface area contributed by atoms with E-state index < -0.39 is 0 Å². The van der Waals surface area contributed by atoms with Gasteiger partial charge in [0.25, 0.3) is 0 Å². The average Bonchev–Trinajstić information content (AvgIpc) is 3.35. The van der Waals surface area contributed by atoms with Crippen molar-refractivity contribution < 1.29 is 14.3 Å². The first kappa shape index (κ1) is 22.4. The van der Waals surface area contributed by atoms with Gasteiger partial charge in [-0.2, -0.15) is 0 Å². The second-order valence-corrected chi connectivity index (χ2v) is 9.44. The van der Waals surface area contributed by atoms with Gasteiger partial charge in [0.15, 0.2) is 0 Å². The van der Waals surface area contributed by atoms with E-state index in [0.29, 0.717) is 11.9 Å². The maximum Gasteiger partial charge on any atom is 0.225 e. The Hall–Kier alpha value is -1.79. The molecule has 3 fully saturated rings. The first-order valence-electron chi connectivity index (χ1n) is 12.1. The topological polar surface area (TPSA) is 45.2 Å². The molecule has 31 heavy (non-hydrogen) atoms. The molecule has 1 aromatic carbocycles. The third-order valence-electron chi connectivity index (χ3n) is 7.63. The lowest BCUT2D eigenvalue weighted by Gasteiger charge is -2.42. The molecular formula is C25H39N3O3. The van der Waals surface area contributed by atoms with Crippen LogP contribution >= 0.6 is 0 Å². The SMILES string of the molecule is COc1ccc(CN2CCC(N3CCC(C(=O)N4CCCC4)CC3)CC2)c(OC)c1C. The Balaban J connectivity index is 1.25. The number of benzene rings is 1. The molecule has 6 nitrogen and oxygen atoms in total. The molecule has 6 heteroatoms. The second kappa shape index (κ2) is 10.2. The Morgan fingerprint density at radius 3 is 2.23 bits per heavy atom. The summed E-state index contributed by atoms with van der Waals surface area (Å²) in [5.74, 6) is 2.52. The number of methoxy groups -OCH3 is 2. The smallest absolute Gasteiger partial charge is 0.225 e. The molecule has 3 aliphatic heterocycles. The fourth-order valence-electron chi connectivity index (χ4n) is 5.75. The zero-order valence-electron chi connectivity index (χ0n) is 19.6.